The third-order valence-corrected chi connectivity index (χ3v) is 5.14. The van der Waals surface area contributed by atoms with Gasteiger partial charge in [0.1, 0.15) is 5.82 Å². The summed E-state index contributed by atoms with van der Waals surface area (Å²) in [6.07, 6.45) is 8.13. The van der Waals surface area contributed by atoms with Gasteiger partial charge in [-0.1, -0.05) is 38.3 Å². The van der Waals surface area contributed by atoms with Crippen LogP contribution in [0.3, 0.4) is 0 Å². The second kappa shape index (κ2) is 11.6. The van der Waals surface area contributed by atoms with Crippen molar-refractivity contribution in [2.75, 3.05) is 26.2 Å². The van der Waals surface area contributed by atoms with E-state index < -0.39 is 0 Å². The van der Waals surface area contributed by atoms with Crippen LogP contribution in [-0.4, -0.2) is 40.6 Å². The van der Waals surface area contributed by atoms with Crippen molar-refractivity contribution in [3.8, 4) is 0 Å². The number of halogens is 1. The van der Waals surface area contributed by atoms with Gasteiger partial charge in [0.2, 0.25) is 0 Å². The van der Waals surface area contributed by atoms with Crippen molar-refractivity contribution in [3.05, 3.63) is 29.0 Å². The summed E-state index contributed by atoms with van der Waals surface area (Å²) in [6, 6.07) is 5.99. The van der Waals surface area contributed by atoms with Crippen molar-refractivity contribution in [3.63, 3.8) is 0 Å². The van der Waals surface area contributed by atoms with E-state index in [9.17, 15) is 0 Å². The maximum Gasteiger partial charge on any atom is 0.109 e. The first-order chi connectivity index (χ1) is 12.7. The fourth-order valence-electron chi connectivity index (χ4n) is 3.40. The number of nitrogens with zero attached hydrogens (tertiary/aromatic N) is 3. The summed E-state index contributed by atoms with van der Waals surface area (Å²) in [6.45, 7) is 9.81. The number of imidazole rings is 1. The van der Waals surface area contributed by atoms with Crippen LogP contribution in [0.4, 0.5) is 0 Å². The van der Waals surface area contributed by atoms with Gasteiger partial charge in [-0.05, 0) is 70.1 Å². The first-order valence-electron chi connectivity index (χ1n) is 10.3. The summed E-state index contributed by atoms with van der Waals surface area (Å²) < 4.78 is 2.36. The smallest absolute Gasteiger partial charge is 0.109 e. The van der Waals surface area contributed by atoms with Crippen LogP contribution in [0.15, 0.2) is 18.2 Å². The summed E-state index contributed by atoms with van der Waals surface area (Å²) in [5.41, 5.74) is 7.90. The third kappa shape index (κ3) is 6.26. The maximum absolute atomic E-state index is 6.23. The largest absolute Gasteiger partial charge is 0.330 e. The maximum atomic E-state index is 6.23. The molecule has 0 aliphatic carbocycles. The van der Waals surface area contributed by atoms with E-state index in [0.29, 0.717) is 6.54 Å². The molecule has 2 rings (SSSR count). The molecule has 0 saturated heterocycles. The van der Waals surface area contributed by atoms with E-state index >= 15 is 0 Å². The van der Waals surface area contributed by atoms with E-state index in [-0.39, 0.29) is 0 Å². The Kier molecular flexibility index (Phi) is 9.44. The molecule has 1 aromatic carbocycles. The molecule has 1 aromatic heterocycles. The zero-order chi connectivity index (χ0) is 18.8. The van der Waals surface area contributed by atoms with Gasteiger partial charge in [0.25, 0.3) is 0 Å². The molecule has 26 heavy (non-hydrogen) atoms. The number of aromatic nitrogens is 2. The van der Waals surface area contributed by atoms with Gasteiger partial charge in [0.05, 0.1) is 11.0 Å². The molecule has 0 saturated carbocycles. The molecule has 2 N–H and O–H groups in total. The lowest BCUT2D eigenvalue weighted by Gasteiger charge is -2.22. The van der Waals surface area contributed by atoms with Crippen LogP contribution in [0.2, 0.25) is 5.02 Å². The van der Waals surface area contributed by atoms with Crippen LogP contribution in [-0.2, 0) is 13.0 Å². The van der Waals surface area contributed by atoms with Crippen LogP contribution in [0, 0.1) is 0 Å². The van der Waals surface area contributed by atoms with Gasteiger partial charge >= 0.3 is 0 Å². The quantitative estimate of drug-likeness (QED) is 0.540. The van der Waals surface area contributed by atoms with E-state index in [4.69, 9.17) is 22.3 Å². The normalized spacial score (nSPS) is 11.7. The van der Waals surface area contributed by atoms with E-state index in [0.717, 1.165) is 54.2 Å². The molecule has 0 atom stereocenters. The second-order valence-corrected chi connectivity index (χ2v) is 7.54. The molecule has 0 spiro atoms. The van der Waals surface area contributed by atoms with Gasteiger partial charge in [-0.25, -0.2) is 4.98 Å². The number of hydrogen-bond acceptors (Lipinski definition) is 3. The molecular weight excluding hydrogens is 344 g/mol. The summed E-state index contributed by atoms with van der Waals surface area (Å²) >= 11 is 6.23. The zero-order valence-corrected chi connectivity index (χ0v) is 17.3. The number of fused-ring (bicyclic) bond motifs is 1. The number of rotatable bonds is 13. The minimum Gasteiger partial charge on any atom is -0.330 e. The fraction of sp³-hybridized carbons (Fsp3) is 0.667. The lowest BCUT2D eigenvalue weighted by atomic mass is 10.2. The molecular formula is C21H35ClN4. The van der Waals surface area contributed by atoms with Crippen LogP contribution in [0.5, 0.6) is 0 Å². The number of benzene rings is 1. The summed E-state index contributed by atoms with van der Waals surface area (Å²) in [5, 5.41) is 0.775. The molecule has 2 aromatic rings. The van der Waals surface area contributed by atoms with Gasteiger partial charge in [-0.15, -0.1) is 0 Å². The van der Waals surface area contributed by atoms with E-state index in [2.05, 4.69) is 23.3 Å². The van der Waals surface area contributed by atoms with Crippen molar-refractivity contribution in [1.29, 1.82) is 0 Å². The highest BCUT2D eigenvalue weighted by molar-refractivity contribution is 6.31. The highest BCUT2D eigenvalue weighted by atomic mass is 35.5. The standard InChI is InChI=1S/C21H35ClN4/c1-3-5-13-25(14-6-4-2)15-8-16-26-20-17-18(22)10-11-19(20)24-21(26)9-7-12-23/h10-11,17H,3-9,12-16,23H2,1-2H3. The molecule has 0 bridgehead atoms. The molecule has 0 fully saturated rings. The Balaban J connectivity index is 2.06. The summed E-state index contributed by atoms with van der Waals surface area (Å²) in [5.74, 6) is 1.14. The number of unbranched alkanes of at least 4 members (excludes halogenated alkanes) is 2. The summed E-state index contributed by atoms with van der Waals surface area (Å²) in [4.78, 5) is 7.45. The monoisotopic (exact) mass is 378 g/mol. The lowest BCUT2D eigenvalue weighted by molar-refractivity contribution is 0.257. The average Bonchev–Trinajstić information content (AvgIpc) is 2.98. The predicted molar refractivity (Wildman–Crippen MR) is 113 cm³/mol. The minimum absolute atomic E-state index is 0.700. The fourth-order valence-corrected chi connectivity index (χ4v) is 3.56. The van der Waals surface area contributed by atoms with E-state index in [1.54, 1.807) is 0 Å². The number of nitrogens with two attached hydrogens (primary N) is 1. The van der Waals surface area contributed by atoms with Crippen molar-refractivity contribution >= 4 is 22.6 Å². The van der Waals surface area contributed by atoms with Crippen molar-refractivity contribution in [2.24, 2.45) is 5.73 Å². The molecule has 0 unspecified atom stereocenters. The summed E-state index contributed by atoms with van der Waals surface area (Å²) in [7, 11) is 0. The highest BCUT2D eigenvalue weighted by Gasteiger charge is 2.12. The Hall–Kier alpha value is -1.10. The molecule has 1 heterocycles. The Morgan fingerprint density at radius 2 is 1.73 bits per heavy atom. The van der Waals surface area contributed by atoms with Crippen molar-refractivity contribution < 1.29 is 0 Å². The topological polar surface area (TPSA) is 47.1 Å². The first kappa shape index (κ1) is 21.2. The Morgan fingerprint density at radius 1 is 1.04 bits per heavy atom. The van der Waals surface area contributed by atoms with E-state index in [1.165, 1.54) is 38.8 Å². The Morgan fingerprint density at radius 3 is 2.38 bits per heavy atom. The van der Waals surface area contributed by atoms with Crippen LogP contribution in [0.25, 0.3) is 11.0 Å². The minimum atomic E-state index is 0.700. The van der Waals surface area contributed by atoms with E-state index in [1.807, 2.05) is 18.2 Å². The first-order valence-corrected chi connectivity index (χ1v) is 10.6. The van der Waals surface area contributed by atoms with Crippen molar-refractivity contribution in [2.45, 2.75) is 65.3 Å². The molecule has 0 aliphatic heterocycles. The SMILES string of the molecule is CCCCN(CCCC)CCCn1c(CCCN)nc2ccc(Cl)cc21. The Labute approximate surface area is 163 Å². The highest BCUT2D eigenvalue weighted by Crippen LogP contribution is 2.22. The van der Waals surface area contributed by atoms with Crippen LogP contribution >= 0.6 is 11.6 Å². The zero-order valence-electron chi connectivity index (χ0n) is 16.5. The molecule has 146 valence electrons. The molecule has 5 heteroatoms. The van der Waals surface area contributed by atoms with Crippen LogP contribution in [0.1, 0.15) is 58.2 Å². The predicted octanol–water partition coefficient (Wildman–Crippen LogP) is 4.87. The number of hydrogen-bond donors (Lipinski definition) is 1. The van der Waals surface area contributed by atoms with Gasteiger partial charge in [-0.3, -0.25) is 0 Å². The van der Waals surface area contributed by atoms with Crippen molar-refractivity contribution in [1.82, 2.24) is 14.5 Å². The lowest BCUT2D eigenvalue weighted by Crippen LogP contribution is -2.28. The second-order valence-electron chi connectivity index (χ2n) is 7.11. The molecule has 0 radical (unpaired) electrons. The van der Waals surface area contributed by atoms with Crippen LogP contribution < -0.4 is 5.73 Å². The van der Waals surface area contributed by atoms with Gasteiger partial charge in [0.15, 0.2) is 0 Å². The number of aryl methyl sites for hydroxylation is 2. The Bertz CT molecular complexity index is 645. The van der Waals surface area contributed by atoms with Gasteiger partial charge in [-0.2, -0.15) is 0 Å². The average molecular weight is 379 g/mol. The third-order valence-electron chi connectivity index (χ3n) is 4.91. The van der Waals surface area contributed by atoms with Gasteiger partial charge in [0, 0.05) is 18.0 Å². The molecule has 0 aliphatic rings. The van der Waals surface area contributed by atoms with Gasteiger partial charge < -0.3 is 15.2 Å². The molecule has 0 amide bonds. The molecule has 4 nitrogen and oxygen atoms in total.